The van der Waals surface area contributed by atoms with Gasteiger partial charge in [0.1, 0.15) is 4.90 Å². The molecule has 0 aliphatic rings. The molecule has 0 saturated heterocycles. The fourth-order valence-corrected chi connectivity index (χ4v) is 4.22. The zero-order valence-electron chi connectivity index (χ0n) is 15.8. The Morgan fingerprint density at radius 3 is 2.14 bits per heavy atom. The van der Waals surface area contributed by atoms with Crippen LogP contribution in [0.2, 0.25) is 0 Å². The molecule has 2 rings (SSSR count). The van der Waals surface area contributed by atoms with E-state index in [0.29, 0.717) is 0 Å². The molecule has 5 nitrogen and oxygen atoms in total. The van der Waals surface area contributed by atoms with Crippen LogP contribution >= 0.6 is 10.2 Å². The number of methoxy groups -OCH3 is 1. The predicted molar refractivity (Wildman–Crippen MR) is 102 cm³/mol. The summed E-state index contributed by atoms with van der Waals surface area (Å²) in [5.74, 6) is -0.801. The van der Waals surface area contributed by atoms with Gasteiger partial charge in [0.15, 0.2) is 9.84 Å². The summed E-state index contributed by atoms with van der Waals surface area (Å²) in [6.45, 7) is 1.47. The number of esters is 1. The molecule has 0 N–H and O–H groups in total. The first-order valence-corrected chi connectivity index (χ1v) is 11.7. The van der Waals surface area contributed by atoms with Gasteiger partial charge in [-0.1, -0.05) is 25.5 Å². The van der Waals surface area contributed by atoms with Crippen LogP contribution in [-0.4, -0.2) is 34.8 Å². The third kappa shape index (κ3) is 4.99. The summed E-state index contributed by atoms with van der Waals surface area (Å²) in [5, 5.41) is 0. The van der Waals surface area contributed by atoms with Crippen molar-refractivity contribution in [3.8, 4) is 0 Å². The maximum absolute atomic E-state index is 13.1. The monoisotopic (exact) mass is 459 g/mol. The van der Waals surface area contributed by atoms with E-state index < -0.39 is 30.9 Å². The average Bonchev–Trinajstić information content (AvgIpc) is 2.57. The molecule has 0 heterocycles. The largest absolute Gasteiger partial charge is 0.465 e. The van der Waals surface area contributed by atoms with Crippen LogP contribution in [0.15, 0.2) is 46.2 Å². The van der Waals surface area contributed by atoms with Gasteiger partial charge in [0.2, 0.25) is 0 Å². The Morgan fingerprint density at radius 2 is 1.66 bits per heavy atom. The molecule has 0 amide bonds. The molecule has 0 aliphatic heterocycles. The number of halogens is 5. The first-order valence-electron chi connectivity index (χ1n) is 7.86. The number of ether oxygens (including phenoxy) is 1. The van der Waals surface area contributed by atoms with Crippen LogP contribution < -0.4 is 4.90 Å². The second-order valence-corrected chi connectivity index (χ2v) is 10.8. The third-order valence-corrected chi connectivity index (χ3v) is 6.39. The molecule has 0 aliphatic carbocycles. The van der Waals surface area contributed by atoms with Gasteiger partial charge in [-0.25, -0.2) is 13.2 Å². The summed E-state index contributed by atoms with van der Waals surface area (Å²) < 4.78 is 94.7. The summed E-state index contributed by atoms with van der Waals surface area (Å²) in [7, 11) is -11.5. The lowest BCUT2D eigenvalue weighted by Crippen LogP contribution is -2.17. The van der Waals surface area contributed by atoms with Gasteiger partial charge < -0.3 is 9.64 Å². The Bertz CT molecular complexity index is 1100. The normalized spacial score (nSPS) is 14.7. The smallest absolute Gasteiger partial charge is 0.338 e. The van der Waals surface area contributed by atoms with Crippen LogP contribution in [0.25, 0.3) is 0 Å². The van der Waals surface area contributed by atoms with Gasteiger partial charge in [-0.3, -0.25) is 0 Å². The lowest BCUT2D eigenvalue weighted by molar-refractivity contribution is 0.0599. The molecule has 0 bridgehead atoms. The Hall–Kier alpha value is -2.34. The lowest BCUT2D eigenvalue weighted by atomic mass is 10.1. The van der Waals surface area contributed by atoms with Gasteiger partial charge in [-0.05, 0) is 42.8 Å². The van der Waals surface area contributed by atoms with Gasteiger partial charge in [0.25, 0.3) is 0 Å². The van der Waals surface area contributed by atoms with E-state index in [2.05, 4.69) is 4.74 Å². The van der Waals surface area contributed by atoms with E-state index in [9.17, 15) is 32.6 Å². The highest BCUT2D eigenvalue weighted by molar-refractivity contribution is 8.45. The number of hydrogen-bond donors (Lipinski definition) is 0. The van der Waals surface area contributed by atoms with E-state index in [0.717, 1.165) is 36.5 Å². The van der Waals surface area contributed by atoms with Gasteiger partial charge in [-0.15, -0.1) is 0 Å². The first-order chi connectivity index (χ1) is 12.8. The van der Waals surface area contributed by atoms with E-state index in [1.807, 2.05) is 0 Å². The number of anilines is 2. The Morgan fingerprint density at radius 1 is 1.07 bits per heavy atom. The summed E-state index contributed by atoms with van der Waals surface area (Å²) >= 11 is 0. The van der Waals surface area contributed by atoms with E-state index in [-0.39, 0.29) is 39.5 Å². The molecule has 2 aromatic carbocycles. The number of carbonyl (C=O) groups is 1. The van der Waals surface area contributed by atoms with Crippen LogP contribution in [0.1, 0.15) is 15.9 Å². The quantitative estimate of drug-likeness (QED) is 0.430. The van der Waals surface area contributed by atoms with Crippen molar-refractivity contribution in [3.05, 3.63) is 47.5 Å². The Kier molecular flexibility index (Phi) is 5.01. The molecule has 2 aromatic rings. The van der Waals surface area contributed by atoms with Crippen LogP contribution in [0.3, 0.4) is 0 Å². The SMILES string of the molecule is COC(=O)c1cc(S(C)(=O)=O)c(N(C)c2cccc(S(F)(F)(F)(F)F)c2)cc1C. The van der Waals surface area contributed by atoms with Crippen molar-refractivity contribution in [2.45, 2.75) is 16.7 Å². The van der Waals surface area contributed by atoms with Crippen molar-refractivity contribution in [1.29, 1.82) is 0 Å². The summed E-state index contributed by atoms with van der Waals surface area (Å²) in [6, 6.07) is 4.72. The second-order valence-electron chi connectivity index (χ2n) is 6.42. The number of carbonyl (C=O) groups excluding carboxylic acids is 1. The van der Waals surface area contributed by atoms with Crippen molar-refractivity contribution in [1.82, 2.24) is 0 Å². The molecule has 0 fully saturated rings. The third-order valence-electron chi connectivity index (χ3n) is 4.12. The molecule has 0 saturated carbocycles. The maximum atomic E-state index is 13.1. The van der Waals surface area contributed by atoms with Gasteiger partial charge in [0, 0.05) is 19.0 Å². The van der Waals surface area contributed by atoms with E-state index in [1.165, 1.54) is 20.0 Å². The molecule has 0 radical (unpaired) electrons. The summed E-state index contributed by atoms with van der Waals surface area (Å²) in [4.78, 5) is 10.4. The fourth-order valence-electron chi connectivity index (χ4n) is 2.63. The van der Waals surface area contributed by atoms with E-state index in [1.54, 1.807) is 0 Å². The average molecular weight is 459 g/mol. The zero-order valence-corrected chi connectivity index (χ0v) is 17.4. The predicted octanol–water partition coefficient (Wildman–Crippen LogP) is 5.61. The number of sulfone groups is 1. The molecule has 29 heavy (non-hydrogen) atoms. The standard InChI is InChI=1S/C17H18F5NO4S2/c1-11-8-15(16(28(4,25)26)10-14(11)17(24)27-3)23(2)12-6-5-7-13(9-12)29(18,19,20,21)22/h5-10H,1-4H3. The minimum atomic E-state index is -9.92. The van der Waals surface area contributed by atoms with Crippen molar-refractivity contribution in [2.75, 3.05) is 25.3 Å². The Balaban J connectivity index is 2.73. The van der Waals surface area contributed by atoms with Crippen molar-refractivity contribution >= 4 is 37.4 Å². The van der Waals surface area contributed by atoms with E-state index >= 15 is 0 Å². The number of nitrogens with zero attached hydrogens (tertiary/aromatic N) is 1. The number of benzene rings is 2. The number of hydrogen-bond acceptors (Lipinski definition) is 5. The van der Waals surface area contributed by atoms with Crippen LogP contribution in [-0.2, 0) is 14.6 Å². The van der Waals surface area contributed by atoms with Gasteiger partial charge >= 0.3 is 16.2 Å². The summed E-state index contributed by atoms with van der Waals surface area (Å²) in [6.07, 6.45) is 0.848. The van der Waals surface area contributed by atoms with E-state index in [4.69, 9.17) is 0 Å². The molecule has 0 aromatic heterocycles. The lowest BCUT2D eigenvalue weighted by Gasteiger charge is -2.41. The van der Waals surface area contributed by atoms with Crippen LogP contribution in [0.5, 0.6) is 0 Å². The molecule has 12 heteroatoms. The zero-order chi connectivity index (χ0) is 22.5. The first kappa shape index (κ1) is 22.9. The molecular formula is C17H18F5NO4S2. The highest BCUT2D eigenvalue weighted by Gasteiger charge is 2.65. The fraction of sp³-hybridized carbons (Fsp3) is 0.235. The molecule has 162 valence electrons. The number of rotatable bonds is 5. The highest BCUT2D eigenvalue weighted by atomic mass is 32.5. The maximum Gasteiger partial charge on any atom is 0.338 e. The molecular weight excluding hydrogens is 441 g/mol. The molecule has 0 spiro atoms. The highest BCUT2D eigenvalue weighted by Crippen LogP contribution is 3.02. The van der Waals surface area contributed by atoms with Crippen molar-refractivity contribution in [3.63, 3.8) is 0 Å². The Labute approximate surface area is 164 Å². The minimum Gasteiger partial charge on any atom is -0.465 e. The molecule has 0 unspecified atom stereocenters. The van der Waals surface area contributed by atoms with Crippen molar-refractivity contribution in [2.24, 2.45) is 0 Å². The van der Waals surface area contributed by atoms with Crippen LogP contribution in [0.4, 0.5) is 30.8 Å². The van der Waals surface area contributed by atoms with Gasteiger partial charge in [-0.2, -0.15) is 0 Å². The minimum absolute atomic E-state index is 0.0502. The van der Waals surface area contributed by atoms with Crippen LogP contribution in [0, 0.1) is 6.92 Å². The second kappa shape index (κ2) is 6.33. The van der Waals surface area contributed by atoms with Gasteiger partial charge in [0.05, 0.1) is 23.3 Å². The summed E-state index contributed by atoms with van der Waals surface area (Å²) in [5.41, 5.74) is -0.163. The number of aryl methyl sites for hydroxylation is 1. The van der Waals surface area contributed by atoms with Crippen molar-refractivity contribution < 1.29 is 37.4 Å². The molecule has 0 atom stereocenters. The topological polar surface area (TPSA) is 63.7 Å².